The Morgan fingerprint density at radius 3 is 2.75 bits per heavy atom. The predicted octanol–water partition coefficient (Wildman–Crippen LogP) is 1.45. The van der Waals surface area contributed by atoms with Gasteiger partial charge in [-0.25, -0.2) is 0 Å². The summed E-state index contributed by atoms with van der Waals surface area (Å²) in [4.78, 5) is 0.403. The number of hydrogen-bond donors (Lipinski definition) is 1. The minimum Gasteiger partial charge on any atom is -0.302 e. The topological polar surface area (TPSA) is 12.0 Å². The Hall–Kier alpha value is 0.310. The minimum atomic E-state index is 0.403. The lowest BCUT2D eigenvalue weighted by Gasteiger charge is -2.20. The highest BCUT2D eigenvalue weighted by molar-refractivity contribution is 8.00. The van der Waals surface area contributed by atoms with Gasteiger partial charge in [0.1, 0.15) is 0 Å². The number of thioether (sulfide) groups is 1. The van der Waals surface area contributed by atoms with Gasteiger partial charge in [-0.3, -0.25) is 0 Å². The van der Waals surface area contributed by atoms with Gasteiger partial charge in [-0.15, -0.1) is 11.8 Å². The van der Waals surface area contributed by atoms with Gasteiger partial charge in [0.15, 0.2) is 0 Å². The normalized spacial score (nSPS) is 38.2. The molecule has 48 valence electrons. The smallest absolute Gasteiger partial charge is 0.0614 e. The Morgan fingerprint density at radius 2 is 2.50 bits per heavy atom. The van der Waals surface area contributed by atoms with Gasteiger partial charge < -0.3 is 5.32 Å². The van der Waals surface area contributed by atoms with E-state index >= 15 is 0 Å². The highest BCUT2D eigenvalue weighted by Gasteiger charge is 2.25. The van der Waals surface area contributed by atoms with Crippen LogP contribution in [-0.4, -0.2) is 17.2 Å². The van der Waals surface area contributed by atoms with E-state index in [1.165, 1.54) is 18.7 Å². The second-order valence-electron chi connectivity index (χ2n) is 2.36. The van der Waals surface area contributed by atoms with Crippen LogP contribution in [0, 0.1) is 0 Å². The van der Waals surface area contributed by atoms with Gasteiger partial charge in [-0.2, -0.15) is 0 Å². The van der Waals surface area contributed by atoms with Crippen molar-refractivity contribution in [2.45, 2.75) is 25.1 Å². The Bertz CT molecular complexity index is 76.6. The first-order valence-corrected chi connectivity index (χ1v) is 4.14. The van der Waals surface area contributed by atoms with E-state index in [2.05, 4.69) is 19.2 Å². The molecule has 0 radical (unpaired) electrons. The Kier molecular flexibility index (Phi) is 1.83. The molecule has 1 nitrogen and oxygen atoms in total. The molecule has 1 rings (SSSR count). The third kappa shape index (κ3) is 1.17. The van der Waals surface area contributed by atoms with Gasteiger partial charge in [-0.05, 0) is 13.3 Å². The summed E-state index contributed by atoms with van der Waals surface area (Å²) < 4.78 is 0. The van der Waals surface area contributed by atoms with E-state index in [1.807, 2.05) is 11.8 Å². The summed E-state index contributed by atoms with van der Waals surface area (Å²) in [6.45, 7) is 5.69. The van der Waals surface area contributed by atoms with Crippen molar-refractivity contribution in [2.75, 3.05) is 12.3 Å². The molecule has 0 spiro atoms. The molecular formula is C6H13NS. The molecule has 1 atom stereocenters. The molecule has 1 aliphatic rings. The highest BCUT2D eigenvalue weighted by Crippen LogP contribution is 2.28. The maximum Gasteiger partial charge on any atom is 0.0614 e. The van der Waals surface area contributed by atoms with Gasteiger partial charge in [0.2, 0.25) is 0 Å². The van der Waals surface area contributed by atoms with Crippen molar-refractivity contribution in [2.24, 2.45) is 0 Å². The molecule has 0 unspecified atom stereocenters. The SMILES string of the molecule is CC[C@@]1(C)NCCS1. The first kappa shape index (κ1) is 6.43. The van der Waals surface area contributed by atoms with Crippen molar-refractivity contribution in [3.05, 3.63) is 0 Å². The van der Waals surface area contributed by atoms with Crippen molar-refractivity contribution in [3.8, 4) is 0 Å². The number of nitrogens with one attached hydrogen (secondary N) is 1. The zero-order chi connectivity index (χ0) is 6.04. The average Bonchev–Trinajstić information content (AvgIpc) is 2.17. The van der Waals surface area contributed by atoms with E-state index in [0.717, 1.165) is 0 Å². The van der Waals surface area contributed by atoms with E-state index in [0.29, 0.717) is 4.87 Å². The van der Waals surface area contributed by atoms with E-state index in [-0.39, 0.29) is 0 Å². The average molecular weight is 131 g/mol. The molecule has 1 saturated heterocycles. The molecule has 2 heteroatoms. The Balaban J connectivity index is 2.40. The maximum absolute atomic E-state index is 3.45. The van der Waals surface area contributed by atoms with Crippen LogP contribution in [0.1, 0.15) is 20.3 Å². The number of hydrogen-bond acceptors (Lipinski definition) is 2. The lowest BCUT2D eigenvalue weighted by Crippen LogP contribution is -2.32. The first-order chi connectivity index (χ1) is 3.77. The summed E-state index contributed by atoms with van der Waals surface area (Å²) in [6, 6.07) is 0. The van der Waals surface area contributed by atoms with Crippen LogP contribution >= 0.6 is 11.8 Å². The van der Waals surface area contributed by atoms with Crippen LogP contribution in [0.4, 0.5) is 0 Å². The van der Waals surface area contributed by atoms with Crippen molar-refractivity contribution in [3.63, 3.8) is 0 Å². The van der Waals surface area contributed by atoms with Crippen molar-refractivity contribution >= 4 is 11.8 Å². The Labute approximate surface area is 55.2 Å². The molecule has 0 aromatic heterocycles. The van der Waals surface area contributed by atoms with Gasteiger partial charge in [0.25, 0.3) is 0 Å². The highest BCUT2D eigenvalue weighted by atomic mass is 32.2. The molecule has 1 heterocycles. The summed E-state index contributed by atoms with van der Waals surface area (Å²) >= 11 is 2.03. The van der Waals surface area contributed by atoms with Crippen molar-refractivity contribution in [1.82, 2.24) is 5.32 Å². The van der Waals surface area contributed by atoms with Crippen molar-refractivity contribution in [1.29, 1.82) is 0 Å². The maximum atomic E-state index is 3.45. The summed E-state index contributed by atoms with van der Waals surface area (Å²) in [5.74, 6) is 1.28. The Morgan fingerprint density at radius 1 is 1.75 bits per heavy atom. The van der Waals surface area contributed by atoms with Crippen LogP contribution in [0.25, 0.3) is 0 Å². The van der Waals surface area contributed by atoms with Gasteiger partial charge >= 0.3 is 0 Å². The molecule has 1 aliphatic heterocycles. The zero-order valence-corrected chi connectivity index (χ0v) is 6.35. The van der Waals surface area contributed by atoms with Gasteiger partial charge in [0.05, 0.1) is 4.87 Å². The quantitative estimate of drug-likeness (QED) is 0.578. The summed E-state index contributed by atoms with van der Waals surface area (Å²) in [5, 5.41) is 3.45. The van der Waals surface area contributed by atoms with E-state index in [1.54, 1.807) is 0 Å². The summed E-state index contributed by atoms with van der Waals surface area (Å²) in [5.41, 5.74) is 0. The monoisotopic (exact) mass is 131 g/mol. The molecule has 0 saturated carbocycles. The second kappa shape index (κ2) is 2.28. The fourth-order valence-corrected chi connectivity index (χ4v) is 1.93. The fourth-order valence-electron chi connectivity index (χ4n) is 0.870. The molecule has 1 fully saturated rings. The molecule has 0 amide bonds. The third-order valence-corrected chi connectivity index (χ3v) is 3.17. The molecule has 0 aromatic carbocycles. The number of rotatable bonds is 1. The van der Waals surface area contributed by atoms with Crippen LogP contribution in [-0.2, 0) is 0 Å². The lowest BCUT2D eigenvalue weighted by atomic mass is 10.2. The lowest BCUT2D eigenvalue weighted by molar-refractivity contribution is 0.529. The van der Waals surface area contributed by atoms with E-state index < -0.39 is 0 Å². The molecule has 0 aromatic rings. The summed E-state index contributed by atoms with van der Waals surface area (Å²) in [7, 11) is 0. The summed E-state index contributed by atoms with van der Waals surface area (Å²) in [6.07, 6.45) is 1.23. The van der Waals surface area contributed by atoms with Crippen LogP contribution in [0.5, 0.6) is 0 Å². The van der Waals surface area contributed by atoms with Crippen LogP contribution < -0.4 is 5.32 Å². The molecule has 1 N–H and O–H groups in total. The largest absolute Gasteiger partial charge is 0.302 e. The molecule has 0 bridgehead atoms. The zero-order valence-electron chi connectivity index (χ0n) is 5.53. The van der Waals surface area contributed by atoms with Gasteiger partial charge in [0, 0.05) is 12.3 Å². The molecule has 8 heavy (non-hydrogen) atoms. The molecular weight excluding hydrogens is 118 g/mol. The predicted molar refractivity (Wildman–Crippen MR) is 39.2 cm³/mol. The second-order valence-corrected chi connectivity index (χ2v) is 3.96. The third-order valence-electron chi connectivity index (χ3n) is 1.70. The van der Waals surface area contributed by atoms with Crippen LogP contribution in [0.15, 0.2) is 0 Å². The first-order valence-electron chi connectivity index (χ1n) is 3.16. The van der Waals surface area contributed by atoms with Gasteiger partial charge in [-0.1, -0.05) is 6.92 Å². The standard InChI is InChI=1S/C6H13NS/c1-3-6(2)7-4-5-8-6/h7H,3-5H2,1-2H3/t6-/m0/s1. The van der Waals surface area contributed by atoms with E-state index in [9.17, 15) is 0 Å². The fraction of sp³-hybridized carbons (Fsp3) is 1.00. The molecule has 0 aliphatic carbocycles. The van der Waals surface area contributed by atoms with Crippen molar-refractivity contribution < 1.29 is 0 Å². The van der Waals surface area contributed by atoms with E-state index in [4.69, 9.17) is 0 Å². The van der Waals surface area contributed by atoms with Crippen LogP contribution in [0.2, 0.25) is 0 Å². The van der Waals surface area contributed by atoms with Crippen LogP contribution in [0.3, 0.4) is 0 Å². The minimum absolute atomic E-state index is 0.403.